The Kier molecular flexibility index (Phi) is 7.78. The lowest BCUT2D eigenvalue weighted by Crippen LogP contribution is -2.00. The predicted molar refractivity (Wildman–Crippen MR) is 235 cm³/mol. The van der Waals surface area contributed by atoms with Gasteiger partial charge < -0.3 is 4.42 Å². The van der Waals surface area contributed by atoms with Gasteiger partial charge in [-0.3, -0.25) is 0 Å². The average molecular weight is 728 g/mol. The van der Waals surface area contributed by atoms with E-state index in [0.717, 1.165) is 66.3 Å². The van der Waals surface area contributed by atoms with Gasteiger partial charge in [-0.05, 0) is 67.6 Å². The van der Waals surface area contributed by atoms with Crippen molar-refractivity contribution in [1.29, 1.82) is 0 Å². The number of fused-ring (bicyclic) bond motifs is 5. The minimum atomic E-state index is 0.614. The molecule has 0 saturated carbocycles. The van der Waals surface area contributed by atoms with Gasteiger partial charge in [0.15, 0.2) is 17.5 Å². The summed E-state index contributed by atoms with van der Waals surface area (Å²) in [7, 11) is 0. The molecule has 266 valence electrons. The number of rotatable bonds is 6. The molecule has 57 heavy (non-hydrogen) atoms. The maximum Gasteiger partial charge on any atom is 0.164 e. The third-order valence-corrected chi connectivity index (χ3v) is 10.9. The molecule has 4 nitrogen and oxygen atoms in total. The molecule has 0 aliphatic heterocycles. The Morgan fingerprint density at radius 3 is 1.44 bits per heavy atom. The van der Waals surface area contributed by atoms with Crippen LogP contribution in [0, 0.1) is 0 Å². The molecular formula is C53H33N3O. The SMILES string of the molecule is c1ccc(-c2cccc3oc4c(-c5ccc(-c6nc(-c7ccc(-c8ccc9ccccc9c8)cc7)nc(-c7ccc8ccccc8c7)n6)cc5)cccc4c23)cc1. The number of nitrogens with zero attached hydrogens (tertiary/aromatic N) is 3. The van der Waals surface area contributed by atoms with Crippen molar-refractivity contribution in [3.8, 4) is 67.5 Å². The Bertz CT molecular complexity index is 3280. The minimum absolute atomic E-state index is 0.614. The summed E-state index contributed by atoms with van der Waals surface area (Å²) < 4.78 is 6.60. The van der Waals surface area contributed by atoms with E-state index >= 15 is 0 Å². The van der Waals surface area contributed by atoms with E-state index in [1.54, 1.807) is 0 Å². The first-order valence-electron chi connectivity index (χ1n) is 19.2. The number of aromatic nitrogens is 3. The highest BCUT2D eigenvalue weighted by Gasteiger charge is 2.17. The summed E-state index contributed by atoms with van der Waals surface area (Å²) in [6.07, 6.45) is 0. The fourth-order valence-corrected chi connectivity index (χ4v) is 8.00. The number of para-hydroxylation sites is 1. The van der Waals surface area contributed by atoms with E-state index < -0.39 is 0 Å². The van der Waals surface area contributed by atoms with Crippen LogP contribution in [0.2, 0.25) is 0 Å². The molecule has 0 fully saturated rings. The van der Waals surface area contributed by atoms with E-state index in [4.69, 9.17) is 19.4 Å². The van der Waals surface area contributed by atoms with Crippen LogP contribution in [0.25, 0.3) is 111 Å². The predicted octanol–water partition coefficient (Wildman–Crippen LogP) is 14.1. The highest BCUT2D eigenvalue weighted by atomic mass is 16.3. The smallest absolute Gasteiger partial charge is 0.164 e. The maximum atomic E-state index is 6.60. The fraction of sp³-hybridized carbons (Fsp3) is 0. The van der Waals surface area contributed by atoms with Crippen LogP contribution in [0.3, 0.4) is 0 Å². The lowest BCUT2D eigenvalue weighted by Gasteiger charge is -2.11. The molecule has 0 N–H and O–H groups in total. The van der Waals surface area contributed by atoms with Crippen LogP contribution in [0.5, 0.6) is 0 Å². The second-order valence-electron chi connectivity index (χ2n) is 14.4. The van der Waals surface area contributed by atoms with Crippen molar-refractivity contribution in [2.75, 3.05) is 0 Å². The normalized spacial score (nSPS) is 11.5. The molecule has 0 amide bonds. The van der Waals surface area contributed by atoms with Crippen molar-refractivity contribution in [1.82, 2.24) is 15.0 Å². The highest BCUT2D eigenvalue weighted by Crippen LogP contribution is 2.41. The van der Waals surface area contributed by atoms with Crippen LogP contribution in [-0.2, 0) is 0 Å². The maximum absolute atomic E-state index is 6.60. The third kappa shape index (κ3) is 5.92. The molecule has 0 aliphatic rings. The Labute approximate surface area is 329 Å². The molecule has 0 unspecified atom stereocenters. The number of hydrogen-bond acceptors (Lipinski definition) is 4. The molecule has 0 spiro atoms. The van der Waals surface area contributed by atoms with Crippen molar-refractivity contribution >= 4 is 43.5 Å². The van der Waals surface area contributed by atoms with Gasteiger partial charge in [0.05, 0.1) is 0 Å². The molecule has 11 rings (SSSR count). The zero-order valence-corrected chi connectivity index (χ0v) is 30.8. The first kappa shape index (κ1) is 32.7. The number of furan rings is 1. The van der Waals surface area contributed by atoms with Crippen molar-refractivity contribution in [2.24, 2.45) is 0 Å². The lowest BCUT2D eigenvalue weighted by atomic mass is 9.97. The molecule has 2 heterocycles. The molecule has 4 heteroatoms. The second-order valence-corrected chi connectivity index (χ2v) is 14.4. The van der Waals surface area contributed by atoms with Crippen molar-refractivity contribution in [2.45, 2.75) is 0 Å². The van der Waals surface area contributed by atoms with Crippen LogP contribution in [-0.4, -0.2) is 15.0 Å². The average Bonchev–Trinajstić information content (AvgIpc) is 3.68. The van der Waals surface area contributed by atoms with Gasteiger partial charge >= 0.3 is 0 Å². The summed E-state index contributed by atoms with van der Waals surface area (Å²) in [5.74, 6) is 1.87. The van der Waals surface area contributed by atoms with Crippen LogP contribution >= 0.6 is 0 Å². The molecule has 2 aromatic heterocycles. The van der Waals surface area contributed by atoms with Gasteiger partial charge in [-0.15, -0.1) is 0 Å². The largest absolute Gasteiger partial charge is 0.455 e. The first-order valence-corrected chi connectivity index (χ1v) is 19.2. The second kappa shape index (κ2) is 13.6. The van der Waals surface area contributed by atoms with E-state index in [2.05, 4.69) is 194 Å². The van der Waals surface area contributed by atoms with Gasteiger partial charge in [0, 0.05) is 33.0 Å². The van der Waals surface area contributed by atoms with Gasteiger partial charge in [-0.1, -0.05) is 182 Å². The lowest BCUT2D eigenvalue weighted by molar-refractivity contribution is 0.670. The summed E-state index contributed by atoms with van der Waals surface area (Å²) in [5.41, 5.74) is 11.2. The molecule has 0 aliphatic carbocycles. The van der Waals surface area contributed by atoms with Gasteiger partial charge in [-0.25, -0.2) is 15.0 Å². The van der Waals surface area contributed by atoms with Crippen molar-refractivity contribution < 1.29 is 4.42 Å². The molecule has 11 aromatic rings. The van der Waals surface area contributed by atoms with Crippen molar-refractivity contribution in [3.05, 3.63) is 200 Å². The first-order chi connectivity index (χ1) is 28.2. The molecule has 0 bridgehead atoms. The summed E-state index contributed by atoms with van der Waals surface area (Å²) in [6, 6.07) is 69.9. The van der Waals surface area contributed by atoms with Gasteiger partial charge in [-0.2, -0.15) is 0 Å². The minimum Gasteiger partial charge on any atom is -0.455 e. The standard InChI is InChI=1S/C53H33N3O/c1-2-12-37(13-3-1)45-16-9-19-48-49(45)47-18-8-17-46(50(47)57-48)38-24-28-40(29-25-38)52-54-51(55-53(56-52)44-31-23-35-11-5-7-15-42(35)33-44)39-26-20-36(21-27-39)43-30-22-34-10-4-6-14-41(34)32-43/h1-33H. The van der Waals surface area contributed by atoms with Gasteiger partial charge in [0.1, 0.15) is 11.2 Å². The van der Waals surface area contributed by atoms with Crippen molar-refractivity contribution in [3.63, 3.8) is 0 Å². The third-order valence-electron chi connectivity index (χ3n) is 10.9. The van der Waals surface area contributed by atoms with Gasteiger partial charge in [0.25, 0.3) is 0 Å². The quantitative estimate of drug-likeness (QED) is 0.171. The fourth-order valence-electron chi connectivity index (χ4n) is 8.00. The molecule has 0 radical (unpaired) electrons. The Morgan fingerprint density at radius 1 is 0.298 bits per heavy atom. The zero-order valence-electron chi connectivity index (χ0n) is 30.8. The summed E-state index contributed by atoms with van der Waals surface area (Å²) in [6.45, 7) is 0. The summed E-state index contributed by atoms with van der Waals surface area (Å²) in [5, 5.41) is 6.98. The van der Waals surface area contributed by atoms with Gasteiger partial charge in [0.2, 0.25) is 0 Å². The van der Waals surface area contributed by atoms with E-state index in [0.29, 0.717) is 17.5 Å². The van der Waals surface area contributed by atoms with Crippen LogP contribution in [0.15, 0.2) is 205 Å². The number of benzene rings is 9. The molecular weight excluding hydrogens is 695 g/mol. The van der Waals surface area contributed by atoms with E-state index in [1.165, 1.54) is 27.3 Å². The topological polar surface area (TPSA) is 51.8 Å². The molecule has 0 atom stereocenters. The Morgan fingerprint density at radius 2 is 0.772 bits per heavy atom. The van der Waals surface area contributed by atoms with E-state index in [1.807, 2.05) is 6.07 Å². The monoisotopic (exact) mass is 727 g/mol. The summed E-state index contributed by atoms with van der Waals surface area (Å²) >= 11 is 0. The molecule has 9 aromatic carbocycles. The molecule has 0 saturated heterocycles. The zero-order chi connectivity index (χ0) is 37.7. The van der Waals surface area contributed by atoms with E-state index in [-0.39, 0.29) is 0 Å². The van der Waals surface area contributed by atoms with Crippen LogP contribution < -0.4 is 0 Å². The van der Waals surface area contributed by atoms with E-state index in [9.17, 15) is 0 Å². The highest BCUT2D eigenvalue weighted by molar-refractivity contribution is 6.15. The summed E-state index contributed by atoms with van der Waals surface area (Å²) in [4.78, 5) is 15.2. The number of hydrogen-bond donors (Lipinski definition) is 0. The van der Waals surface area contributed by atoms with Crippen LogP contribution in [0.4, 0.5) is 0 Å². The van der Waals surface area contributed by atoms with Crippen LogP contribution in [0.1, 0.15) is 0 Å². The Balaban J connectivity index is 0.991. The Hall–Kier alpha value is -7.69.